The van der Waals surface area contributed by atoms with E-state index >= 15 is 0 Å². The monoisotopic (exact) mass is 390 g/mol. The van der Waals surface area contributed by atoms with Gasteiger partial charge in [-0.05, 0) is 57.0 Å². The zero-order valence-corrected chi connectivity index (χ0v) is 15.6. The van der Waals surface area contributed by atoms with E-state index in [9.17, 15) is 8.42 Å². The third-order valence-corrected chi connectivity index (χ3v) is 6.78. The number of hydrogen-bond acceptors (Lipinski definition) is 4. The SMILES string of the molecule is CNCC1CCCN(S(=O)(=O)c2cc(Br)c(C)cc2OC)C1. The van der Waals surface area contributed by atoms with Crippen LogP contribution in [0.4, 0.5) is 0 Å². The van der Waals surface area contributed by atoms with Crippen molar-refractivity contribution in [2.75, 3.05) is 33.8 Å². The highest BCUT2D eigenvalue weighted by Crippen LogP contribution is 2.33. The van der Waals surface area contributed by atoms with Gasteiger partial charge in [-0.3, -0.25) is 0 Å². The maximum atomic E-state index is 13.0. The summed E-state index contributed by atoms with van der Waals surface area (Å²) in [6.45, 7) is 3.86. The van der Waals surface area contributed by atoms with Gasteiger partial charge in [-0.15, -0.1) is 0 Å². The van der Waals surface area contributed by atoms with Gasteiger partial charge in [0.2, 0.25) is 10.0 Å². The van der Waals surface area contributed by atoms with Gasteiger partial charge in [0.15, 0.2) is 0 Å². The molecule has 5 nitrogen and oxygen atoms in total. The first-order valence-corrected chi connectivity index (χ1v) is 9.62. The van der Waals surface area contributed by atoms with Gasteiger partial charge in [-0.1, -0.05) is 15.9 Å². The quantitative estimate of drug-likeness (QED) is 0.838. The van der Waals surface area contributed by atoms with Crippen LogP contribution in [-0.4, -0.2) is 46.5 Å². The number of piperidine rings is 1. The summed E-state index contributed by atoms with van der Waals surface area (Å²) in [4.78, 5) is 0.234. The molecule has 0 spiro atoms. The van der Waals surface area contributed by atoms with Crippen molar-refractivity contribution in [2.45, 2.75) is 24.7 Å². The molecule has 1 aromatic carbocycles. The van der Waals surface area contributed by atoms with Crippen molar-refractivity contribution >= 4 is 26.0 Å². The van der Waals surface area contributed by atoms with E-state index in [2.05, 4.69) is 21.2 Å². The molecular formula is C15H23BrN2O3S. The van der Waals surface area contributed by atoms with Crippen molar-refractivity contribution in [3.63, 3.8) is 0 Å². The molecule has 0 saturated carbocycles. The number of benzene rings is 1. The minimum absolute atomic E-state index is 0.234. The van der Waals surface area contributed by atoms with Crippen molar-refractivity contribution < 1.29 is 13.2 Å². The zero-order chi connectivity index (χ0) is 16.3. The van der Waals surface area contributed by atoms with Gasteiger partial charge in [-0.2, -0.15) is 4.31 Å². The third-order valence-electron chi connectivity index (χ3n) is 4.04. The molecule has 1 fully saturated rings. The van der Waals surface area contributed by atoms with E-state index in [-0.39, 0.29) is 4.90 Å². The van der Waals surface area contributed by atoms with Crippen molar-refractivity contribution in [3.8, 4) is 5.75 Å². The van der Waals surface area contributed by atoms with Gasteiger partial charge in [-0.25, -0.2) is 8.42 Å². The third kappa shape index (κ3) is 3.64. The van der Waals surface area contributed by atoms with E-state index in [1.165, 1.54) is 7.11 Å². The minimum atomic E-state index is -3.54. The molecular weight excluding hydrogens is 368 g/mol. The second kappa shape index (κ2) is 7.29. The van der Waals surface area contributed by atoms with E-state index in [1.54, 1.807) is 16.4 Å². The van der Waals surface area contributed by atoms with Crippen LogP contribution in [0.25, 0.3) is 0 Å². The van der Waals surface area contributed by atoms with E-state index in [1.807, 2.05) is 14.0 Å². The fourth-order valence-electron chi connectivity index (χ4n) is 2.84. The Morgan fingerprint density at radius 2 is 2.18 bits per heavy atom. The Labute approximate surface area is 141 Å². The molecule has 0 bridgehead atoms. The molecule has 1 aliphatic heterocycles. The van der Waals surface area contributed by atoms with E-state index in [0.717, 1.165) is 29.4 Å². The number of hydrogen-bond donors (Lipinski definition) is 1. The summed E-state index contributed by atoms with van der Waals surface area (Å²) in [7, 11) is -0.147. The lowest BCUT2D eigenvalue weighted by molar-refractivity contribution is 0.262. The molecule has 2 rings (SSSR count). The molecule has 1 unspecified atom stereocenters. The van der Waals surface area contributed by atoms with Crippen LogP contribution < -0.4 is 10.1 Å². The van der Waals surface area contributed by atoms with Gasteiger partial charge in [0, 0.05) is 17.6 Å². The van der Waals surface area contributed by atoms with Crippen molar-refractivity contribution in [1.29, 1.82) is 0 Å². The minimum Gasteiger partial charge on any atom is -0.495 e. The molecule has 1 N–H and O–H groups in total. The van der Waals surface area contributed by atoms with Gasteiger partial charge in [0.25, 0.3) is 0 Å². The molecule has 1 atom stereocenters. The highest BCUT2D eigenvalue weighted by molar-refractivity contribution is 9.10. The number of rotatable bonds is 5. The van der Waals surface area contributed by atoms with Crippen LogP contribution in [0.2, 0.25) is 0 Å². The van der Waals surface area contributed by atoms with Crippen molar-refractivity contribution in [3.05, 3.63) is 22.2 Å². The van der Waals surface area contributed by atoms with E-state index in [4.69, 9.17) is 4.74 Å². The summed E-state index contributed by atoms with van der Waals surface area (Å²) in [5.74, 6) is 0.754. The Morgan fingerprint density at radius 3 is 2.82 bits per heavy atom. The maximum Gasteiger partial charge on any atom is 0.246 e. The molecule has 0 radical (unpaired) electrons. The molecule has 1 aliphatic rings. The number of aryl methyl sites for hydroxylation is 1. The summed E-state index contributed by atoms with van der Waals surface area (Å²) in [5, 5.41) is 3.13. The van der Waals surface area contributed by atoms with Crippen molar-refractivity contribution in [2.24, 2.45) is 5.92 Å². The van der Waals surface area contributed by atoms with Crippen LogP contribution in [0.15, 0.2) is 21.5 Å². The van der Waals surface area contributed by atoms with Gasteiger partial charge < -0.3 is 10.1 Å². The first kappa shape index (κ1) is 17.7. The second-order valence-electron chi connectivity index (χ2n) is 5.68. The predicted molar refractivity (Wildman–Crippen MR) is 90.8 cm³/mol. The topological polar surface area (TPSA) is 58.6 Å². The van der Waals surface area contributed by atoms with Gasteiger partial charge in [0.1, 0.15) is 10.6 Å². The average molecular weight is 391 g/mol. The largest absolute Gasteiger partial charge is 0.495 e. The van der Waals surface area contributed by atoms with Gasteiger partial charge >= 0.3 is 0 Å². The normalized spacial score (nSPS) is 20.1. The molecule has 1 aromatic rings. The number of ether oxygens (including phenoxy) is 1. The number of nitrogens with zero attached hydrogens (tertiary/aromatic N) is 1. The molecule has 0 aromatic heterocycles. The highest BCUT2D eigenvalue weighted by Gasteiger charge is 2.32. The molecule has 0 aliphatic carbocycles. The standard InChI is InChI=1S/C15H23BrN2O3S/c1-11-7-14(21-3)15(8-13(11)16)22(19,20)18-6-4-5-12(10-18)9-17-2/h7-8,12,17H,4-6,9-10H2,1-3H3. The number of halogens is 1. The molecule has 1 saturated heterocycles. The smallest absolute Gasteiger partial charge is 0.246 e. The Kier molecular flexibility index (Phi) is 5.87. The lowest BCUT2D eigenvalue weighted by Gasteiger charge is -2.32. The highest BCUT2D eigenvalue weighted by atomic mass is 79.9. The number of sulfonamides is 1. The molecule has 1 heterocycles. The first-order chi connectivity index (χ1) is 10.4. The summed E-state index contributed by atoms with van der Waals surface area (Å²) < 4.78 is 33.6. The molecule has 7 heteroatoms. The van der Waals surface area contributed by atoms with Gasteiger partial charge in [0.05, 0.1) is 7.11 Å². The number of methoxy groups -OCH3 is 1. The Balaban J connectivity index is 2.36. The zero-order valence-electron chi connectivity index (χ0n) is 13.2. The summed E-state index contributed by atoms with van der Waals surface area (Å²) in [6.07, 6.45) is 1.95. The van der Waals surface area contributed by atoms with E-state index in [0.29, 0.717) is 24.8 Å². The van der Waals surface area contributed by atoms with Crippen LogP contribution >= 0.6 is 15.9 Å². The fourth-order valence-corrected chi connectivity index (χ4v) is 5.05. The lowest BCUT2D eigenvalue weighted by atomic mass is 10.00. The van der Waals surface area contributed by atoms with Crippen LogP contribution in [-0.2, 0) is 10.0 Å². The van der Waals surface area contributed by atoms with Crippen LogP contribution in [0.5, 0.6) is 5.75 Å². The maximum absolute atomic E-state index is 13.0. The summed E-state index contributed by atoms with van der Waals surface area (Å²) in [5.41, 5.74) is 0.947. The Morgan fingerprint density at radius 1 is 1.45 bits per heavy atom. The van der Waals surface area contributed by atoms with Crippen molar-refractivity contribution in [1.82, 2.24) is 9.62 Å². The number of nitrogens with one attached hydrogen (secondary N) is 1. The molecule has 0 amide bonds. The molecule has 22 heavy (non-hydrogen) atoms. The predicted octanol–water partition coefficient (Wildman–Crippen LogP) is 2.39. The summed E-state index contributed by atoms with van der Waals surface area (Å²) in [6, 6.07) is 3.40. The first-order valence-electron chi connectivity index (χ1n) is 7.39. The lowest BCUT2D eigenvalue weighted by Crippen LogP contribution is -2.42. The second-order valence-corrected chi connectivity index (χ2v) is 8.44. The van der Waals surface area contributed by atoms with Crippen LogP contribution in [0, 0.1) is 12.8 Å². The Bertz CT molecular complexity index is 632. The Hall–Kier alpha value is -0.630. The fraction of sp³-hybridized carbons (Fsp3) is 0.600. The average Bonchev–Trinajstić information content (AvgIpc) is 2.50. The molecule has 124 valence electrons. The van der Waals surface area contributed by atoms with Crippen LogP contribution in [0.3, 0.4) is 0 Å². The summed E-state index contributed by atoms with van der Waals surface area (Å²) >= 11 is 3.41. The van der Waals surface area contributed by atoms with E-state index < -0.39 is 10.0 Å². The van der Waals surface area contributed by atoms with Crippen LogP contribution in [0.1, 0.15) is 18.4 Å².